The van der Waals surface area contributed by atoms with E-state index in [4.69, 9.17) is 4.74 Å². The summed E-state index contributed by atoms with van der Waals surface area (Å²) < 4.78 is 34.2. The number of rotatable bonds is 13. The predicted octanol–water partition coefficient (Wildman–Crippen LogP) is 4.53. The molecule has 0 radical (unpaired) electrons. The fourth-order valence-electron chi connectivity index (χ4n) is 3.99. The monoisotopic (exact) mass is 551 g/mol. The van der Waals surface area contributed by atoms with Crippen LogP contribution in [0.4, 0.5) is 5.69 Å². The van der Waals surface area contributed by atoms with Crippen molar-refractivity contribution in [1.82, 2.24) is 10.2 Å². The molecule has 2 amide bonds. The Kier molecular flexibility index (Phi) is 10.5. The van der Waals surface area contributed by atoms with E-state index in [-0.39, 0.29) is 17.3 Å². The summed E-state index contributed by atoms with van der Waals surface area (Å²) in [5, 5.41) is 2.84. The van der Waals surface area contributed by atoms with Gasteiger partial charge in [-0.3, -0.25) is 13.9 Å². The molecule has 9 heteroatoms. The standard InChI is InChI=1S/C30H37N3O5S/c1-5-20-31-30(35)24(4)32(21-25-14-12-23(3)13-15-25)29(34)22-33(26-16-18-27(19-17-26)38-6-2)39(36,37)28-10-8-7-9-11-28/h7-19,24H,5-6,20-22H2,1-4H3,(H,31,35)/t24-/m0/s1. The molecule has 0 aliphatic carbocycles. The molecule has 0 aliphatic rings. The van der Waals surface area contributed by atoms with Gasteiger partial charge in [0.15, 0.2) is 0 Å². The molecule has 1 atom stereocenters. The Morgan fingerprint density at radius 1 is 0.923 bits per heavy atom. The third kappa shape index (κ3) is 7.83. The first-order valence-electron chi connectivity index (χ1n) is 13.1. The lowest BCUT2D eigenvalue weighted by molar-refractivity contribution is -0.139. The maximum Gasteiger partial charge on any atom is 0.264 e. The highest BCUT2D eigenvalue weighted by Gasteiger charge is 2.32. The second-order valence-corrected chi connectivity index (χ2v) is 11.1. The molecule has 0 bridgehead atoms. The fourth-order valence-corrected chi connectivity index (χ4v) is 5.43. The predicted molar refractivity (Wildman–Crippen MR) is 153 cm³/mol. The van der Waals surface area contributed by atoms with Crippen molar-refractivity contribution in [2.24, 2.45) is 0 Å². The van der Waals surface area contributed by atoms with Gasteiger partial charge in [0.05, 0.1) is 17.2 Å². The Morgan fingerprint density at radius 2 is 1.56 bits per heavy atom. The molecule has 0 spiro atoms. The van der Waals surface area contributed by atoms with E-state index in [1.54, 1.807) is 49.4 Å². The number of amides is 2. The molecular formula is C30H37N3O5S. The van der Waals surface area contributed by atoms with Gasteiger partial charge < -0.3 is 15.0 Å². The maximum atomic E-state index is 13.9. The van der Waals surface area contributed by atoms with E-state index in [1.165, 1.54) is 17.0 Å². The molecule has 39 heavy (non-hydrogen) atoms. The lowest BCUT2D eigenvalue weighted by Gasteiger charge is -2.32. The SMILES string of the molecule is CCCNC(=O)[C@H](C)N(Cc1ccc(C)cc1)C(=O)CN(c1ccc(OCC)cc1)S(=O)(=O)c1ccccc1. The van der Waals surface area contributed by atoms with Gasteiger partial charge in [-0.1, -0.05) is 55.0 Å². The average Bonchev–Trinajstić information content (AvgIpc) is 2.95. The van der Waals surface area contributed by atoms with Crippen molar-refractivity contribution >= 4 is 27.5 Å². The molecule has 0 aliphatic heterocycles. The first kappa shape index (κ1) is 29.7. The number of aryl methyl sites for hydroxylation is 1. The minimum absolute atomic E-state index is 0.0607. The van der Waals surface area contributed by atoms with Crippen LogP contribution in [0.2, 0.25) is 0 Å². The van der Waals surface area contributed by atoms with Gasteiger partial charge in [-0.05, 0) is 69.2 Å². The van der Waals surface area contributed by atoms with Crippen LogP contribution in [-0.2, 0) is 26.2 Å². The lowest BCUT2D eigenvalue weighted by atomic mass is 10.1. The van der Waals surface area contributed by atoms with Crippen molar-refractivity contribution in [3.05, 3.63) is 90.0 Å². The van der Waals surface area contributed by atoms with E-state index < -0.39 is 28.5 Å². The summed E-state index contributed by atoms with van der Waals surface area (Å²) in [6.07, 6.45) is 0.755. The third-order valence-corrected chi connectivity index (χ3v) is 8.02. The van der Waals surface area contributed by atoms with Crippen molar-refractivity contribution in [3.63, 3.8) is 0 Å². The van der Waals surface area contributed by atoms with Gasteiger partial charge in [0.2, 0.25) is 11.8 Å². The van der Waals surface area contributed by atoms with Gasteiger partial charge in [0.25, 0.3) is 10.0 Å². The van der Waals surface area contributed by atoms with E-state index in [2.05, 4.69) is 5.32 Å². The van der Waals surface area contributed by atoms with E-state index in [0.29, 0.717) is 24.6 Å². The molecule has 1 N–H and O–H groups in total. The second kappa shape index (κ2) is 13.8. The third-order valence-electron chi connectivity index (χ3n) is 6.24. The number of anilines is 1. The minimum Gasteiger partial charge on any atom is -0.494 e. The zero-order valence-corrected chi connectivity index (χ0v) is 23.8. The van der Waals surface area contributed by atoms with E-state index >= 15 is 0 Å². The maximum absolute atomic E-state index is 13.9. The molecule has 3 aromatic carbocycles. The Labute approximate surface area is 231 Å². The molecule has 0 aromatic heterocycles. The number of carbonyl (C=O) groups excluding carboxylic acids is 2. The molecule has 0 heterocycles. The molecule has 0 fully saturated rings. The highest BCUT2D eigenvalue weighted by molar-refractivity contribution is 7.92. The summed E-state index contributed by atoms with van der Waals surface area (Å²) in [6, 6.07) is 21.4. The number of benzene rings is 3. The highest BCUT2D eigenvalue weighted by Crippen LogP contribution is 2.26. The quantitative estimate of drug-likeness (QED) is 0.337. The van der Waals surface area contributed by atoms with E-state index in [1.807, 2.05) is 45.0 Å². The van der Waals surface area contributed by atoms with Gasteiger partial charge in [0.1, 0.15) is 18.3 Å². The molecule has 3 rings (SSSR count). The topological polar surface area (TPSA) is 96.0 Å². The van der Waals surface area contributed by atoms with Crippen LogP contribution in [0.1, 0.15) is 38.3 Å². The molecule has 0 unspecified atom stereocenters. The van der Waals surface area contributed by atoms with Crippen molar-refractivity contribution in [2.45, 2.75) is 51.6 Å². The zero-order chi connectivity index (χ0) is 28.4. The van der Waals surface area contributed by atoms with Crippen LogP contribution in [0.15, 0.2) is 83.8 Å². The number of nitrogens with zero attached hydrogens (tertiary/aromatic N) is 2. The normalized spacial score (nSPS) is 11.9. The van der Waals surface area contributed by atoms with Crippen LogP contribution in [0.5, 0.6) is 5.75 Å². The van der Waals surface area contributed by atoms with Gasteiger partial charge in [-0.25, -0.2) is 8.42 Å². The molecule has 8 nitrogen and oxygen atoms in total. The number of hydrogen-bond donors (Lipinski definition) is 1. The van der Waals surface area contributed by atoms with E-state index in [9.17, 15) is 18.0 Å². The van der Waals surface area contributed by atoms with Crippen molar-refractivity contribution in [1.29, 1.82) is 0 Å². The summed E-state index contributed by atoms with van der Waals surface area (Å²) in [4.78, 5) is 28.3. The second-order valence-electron chi connectivity index (χ2n) is 9.23. The Balaban J connectivity index is 2.00. The van der Waals surface area contributed by atoms with E-state index in [0.717, 1.165) is 21.9 Å². The molecule has 3 aromatic rings. The summed E-state index contributed by atoms with van der Waals surface area (Å²) in [5.74, 6) is -0.203. The van der Waals surface area contributed by atoms with Crippen molar-refractivity contribution < 1.29 is 22.7 Å². The lowest BCUT2D eigenvalue weighted by Crippen LogP contribution is -2.51. The highest BCUT2D eigenvalue weighted by atomic mass is 32.2. The van der Waals surface area contributed by atoms with Gasteiger partial charge in [-0.2, -0.15) is 0 Å². The number of carbonyl (C=O) groups is 2. The summed E-state index contributed by atoms with van der Waals surface area (Å²) >= 11 is 0. The molecular weight excluding hydrogens is 514 g/mol. The largest absolute Gasteiger partial charge is 0.494 e. The number of nitrogens with one attached hydrogen (secondary N) is 1. The minimum atomic E-state index is -4.10. The van der Waals surface area contributed by atoms with Crippen LogP contribution in [0.25, 0.3) is 0 Å². The molecule has 0 saturated heterocycles. The number of hydrogen-bond acceptors (Lipinski definition) is 5. The molecule has 208 valence electrons. The Bertz CT molecular complexity index is 1330. The first-order valence-corrected chi connectivity index (χ1v) is 14.5. The summed E-state index contributed by atoms with van der Waals surface area (Å²) in [6.45, 7) is 8.06. The van der Waals surface area contributed by atoms with Crippen LogP contribution in [0.3, 0.4) is 0 Å². The van der Waals surface area contributed by atoms with Gasteiger partial charge in [-0.15, -0.1) is 0 Å². The number of sulfonamides is 1. The first-order chi connectivity index (χ1) is 18.7. The average molecular weight is 552 g/mol. The van der Waals surface area contributed by atoms with Crippen molar-refractivity contribution in [2.75, 3.05) is 24.0 Å². The Morgan fingerprint density at radius 3 is 2.15 bits per heavy atom. The van der Waals surface area contributed by atoms with Gasteiger partial charge in [0, 0.05) is 13.1 Å². The summed E-state index contributed by atoms with van der Waals surface area (Å²) in [5.41, 5.74) is 2.22. The van der Waals surface area contributed by atoms with Crippen LogP contribution < -0.4 is 14.4 Å². The summed E-state index contributed by atoms with van der Waals surface area (Å²) in [7, 11) is -4.10. The van der Waals surface area contributed by atoms with Gasteiger partial charge >= 0.3 is 0 Å². The number of ether oxygens (including phenoxy) is 1. The van der Waals surface area contributed by atoms with Crippen molar-refractivity contribution in [3.8, 4) is 5.75 Å². The smallest absolute Gasteiger partial charge is 0.264 e. The van der Waals surface area contributed by atoms with Crippen LogP contribution >= 0.6 is 0 Å². The van der Waals surface area contributed by atoms with Crippen LogP contribution in [0, 0.1) is 6.92 Å². The molecule has 0 saturated carbocycles. The Hall–Kier alpha value is -3.85. The zero-order valence-electron chi connectivity index (χ0n) is 23.0. The fraction of sp³-hybridized carbons (Fsp3) is 0.333. The van der Waals surface area contributed by atoms with Crippen LogP contribution in [-0.4, -0.2) is 50.9 Å².